The fourth-order valence-electron chi connectivity index (χ4n) is 5.29. The largest absolute Gasteiger partial charge is 0.395 e. The normalized spacial score (nSPS) is 44.3. The van der Waals surface area contributed by atoms with Crippen LogP contribution in [0.4, 0.5) is 0 Å². The molecule has 150 valence electrons. The topological polar surface area (TPSA) is 93.9 Å². The maximum Gasteiger partial charge on any atom is 0.174 e. The van der Waals surface area contributed by atoms with E-state index in [1.807, 2.05) is 11.8 Å². The molecule has 0 aromatic carbocycles. The molecule has 0 aromatic heterocycles. The molecule has 0 aliphatic carbocycles. The molecule has 4 fully saturated rings. The first kappa shape index (κ1) is 19.4. The highest BCUT2D eigenvalue weighted by Gasteiger charge is 2.63. The monoisotopic (exact) mass is 388 g/mol. The number of nitrogens with zero attached hydrogens (tertiary/aromatic N) is 4. The average Bonchev–Trinajstić information content (AvgIpc) is 3.35. The fourth-order valence-corrected chi connectivity index (χ4v) is 6.19. The molecule has 4 aliphatic rings. The summed E-state index contributed by atoms with van der Waals surface area (Å²) >= 11 is 1.92. The van der Waals surface area contributed by atoms with E-state index in [9.17, 15) is 20.4 Å². The minimum absolute atomic E-state index is 0.0143. The summed E-state index contributed by atoms with van der Waals surface area (Å²) in [5.74, 6) is 1.16. The van der Waals surface area contributed by atoms with Gasteiger partial charge < -0.3 is 20.4 Å². The molecule has 4 saturated heterocycles. The van der Waals surface area contributed by atoms with Crippen molar-refractivity contribution in [2.45, 2.75) is 49.4 Å². The summed E-state index contributed by atoms with van der Waals surface area (Å²) < 4.78 is 0. The number of β-amino-alcohol motifs (C(OH)–C–C–N with tert-alkyl or cyclic N) is 2. The minimum Gasteiger partial charge on any atom is -0.395 e. The van der Waals surface area contributed by atoms with E-state index < -0.39 is 18.0 Å². The third-order valence-corrected chi connectivity index (χ3v) is 7.41. The van der Waals surface area contributed by atoms with E-state index in [1.54, 1.807) is 0 Å². The fraction of sp³-hybridized carbons (Fsp3) is 1.00. The predicted octanol–water partition coefficient (Wildman–Crippen LogP) is -1.84. The average molecular weight is 389 g/mol. The van der Waals surface area contributed by atoms with Crippen molar-refractivity contribution in [3.05, 3.63) is 0 Å². The molecule has 5 atom stereocenters. The van der Waals surface area contributed by atoms with Gasteiger partial charge >= 0.3 is 0 Å². The van der Waals surface area contributed by atoms with Crippen molar-refractivity contribution >= 4 is 11.8 Å². The molecular formula is C17H32N4O4S. The van der Waals surface area contributed by atoms with Gasteiger partial charge in [0.1, 0.15) is 6.10 Å². The molecule has 0 saturated carbocycles. The van der Waals surface area contributed by atoms with E-state index in [1.165, 1.54) is 0 Å². The van der Waals surface area contributed by atoms with Gasteiger partial charge in [-0.3, -0.25) is 9.80 Å². The van der Waals surface area contributed by atoms with E-state index in [0.29, 0.717) is 19.5 Å². The smallest absolute Gasteiger partial charge is 0.174 e. The molecule has 4 aliphatic heterocycles. The van der Waals surface area contributed by atoms with Gasteiger partial charge in [-0.15, -0.1) is 0 Å². The zero-order chi connectivity index (χ0) is 18.3. The summed E-state index contributed by atoms with van der Waals surface area (Å²) in [4.78, 5) is 4.54. The Morgan fingerprint density at radius 3 is 2.38 bits per heavy atom. The first-order valence-corrected chi connectivity index (χ1v) is 11.0. The first-order valence-electron chi connectivity index (χ1n) is 9.86. The van der Waals surface area contributed by atoms with Crippen molar-refractivity contribution in [1.29, 1.82) is 0 Å². The molecule has 9 heteroatoms. The summed E-state index contributed by atoms with van der Waals surface area (Å²) in [6.45, 7) is 4.15. The molecule has 4 N–H and O–H groups in total. The van der Waals surface area contributed by atoms with E-state index in [4.69, 9.17) is 0 Å². The Morgan fingerprint density at radius 1 is 0.962 bits per heavy atom. The van der Waals surface area contributed by atoms with Gasteiger partial charge in [-0.05, 0) is 19.3 Å². The standard InChI is InChI=1S/C17H32N4O4S/c22-12-13-2-1-4-20(13)17(18-6-8-26-9-7-18)16(25)15(24)11-21(17)19-5-3-14(23)10-19/h13-16,22-25H,1-12H2. The lowest BCUT2D eigenvalue weighted by Gasteiger charge is -2.57. The van der Waals surface area contributed by atoms with Crippen molar-refractivity contribution in [2.75, 3.05) is 57.4 Å². The number of hydrazine groups is 1. The van der Waals surface area contributed by atoms with Gasteiger partial charge in [0.15, 0.2) is 5.79 Å². The second-order valence-electron chi connectivity index (χ2n) is 7.91. The molecule has 4 heterocycles. The molecular weight excluding hydrogens is 356 g/mol. The number of aliphatic hydroxyl groups excluding tert-OH is 4. The van der Waals surface area contributed by atoms with Gasteiger partial charge in [0.25, 0.3) is 0 Å². The van der Waals surface area contributed by atoms with Crippen LogP contribution in [-0.4, -0.2) is 128 Å². The number of hydrogen-bond donors (Lipinski definition) is 4. The van der Waals surface area contributed by atoms with Crippen LogP contribution in [0.3, 0.4) is 0 Å². The van der Waals surface area contributed by atoms with Crippen LogP contribution in [0.15, 0.2) is 0 Å². The number of thioether (sulfide) groups is 1. The second-order valence-corrected chi connectivity index (χ2v) is 9.13. The van der Waals surface area contributed by atoms with Crippen LogP contribution in [0.25, 0.3) is 0 Å². The highest BCUT2D eigenvalue weighted by molar-refractivity contribution is 7.99. The molecule has 5 unspecified atom stereocenters. The number of aliphatic hydroxyl groups is 4. The SMILES string of the molecule is OCC1CCCN1C1(N2CCSCC2)C(O)C(O)CN1N1CCC(O)C1. The third-order valence-electron chi connectivity index (χ3n) is 6.47. The van der Waals surface area contributed by atoms with Crippen LogP contribution in [0, 0.1) is 0 Å². The summed E-state index contributed by atoms with van der Waals surface area (Å²) in [6, 6.07) is -0.0143. The summed E-state index contributed by atoms with van der Waals surface area (Å²) in [7, 11) is 0. The zero-order valence-electron chi connectivity index (χ0n) is 15.3. The lowest BCUT2D eigenvalue weighted by Crippen LogP contribution is -2.76. The number of likely N-dealkylation sites (tertiary alicyclic amines) is 1. The minimum atomic E-state index is -0.935. The van der Waals surface area contributed by atoms with Crippen molar-refractivity contribution in [1.82, 2.24) is 19.8 Å². The Balaban J connectivity index is 1.75. The number of hydrogen-bond acceptors (Lipinski definition) is 9. The highest BCUT2D eigenvalue weighted by atomic mass is 32.2. The van der Waals surface area contributed by atoms with E-state index >= 15 is 0 Å². The number of rotatable bonds is 4. The lowest BCUT2D eigenvalue weighted by molar-refractivity contribution is -0.259. The predicted molar refractivity (Wildman–Crippen MR) is 99.4 cm³/mol. The van der Waals surface area contributed by atoms with Crippen molar-refractivity contribution in [3.8, 4) is 0 Å². The molecule has 0 aromatic rings. The Bertz CT molecular complexity index is 497. The molecule has 8 nitrogen and oxygen atoms in total. The Morgan fingerprint density at radius 2 is 1.73 bits per heavy atom. The summed E-state index contributed by atoms with van der Waals surface area (Å²) in [5, 5.41) is 46.2. The van der Waals surface area contributed by atoms with Crippen LogP contribution in [0.5, 0.6) is 0 Å². The molecule has 0 bridgehead atoms. The van der Waals surface area contributed by atoms with Gasteiger partial charge in [-0.1, -0.05) is 0 Å². The second kappa shape index (κ2) is 7.81. The Labute approximate surface area is 159 Å². The van der Waals surface area contributed by atoms with Crippen molar-refractivity contribution < 1.29 is 20.4 Å². The quantitative estimate of drug-likeness (QED) is 0.443. The van der Waals surface area contributed by atoms with Gasteiger partial charge in [0.05, 0.1) is 18.8 Å². The summed E-state index contributed by atoms with van der Waals surface area (Å²) in [5.41, 5.74) is 0. The lowest BCUT2D eigenvalue weighted by atomic mass is 10.1. The molecule has 4 rings (SSSR count). The van der Waals surface area contributed by atoms with Gasteiger partial charge in [-0.2, -0.15) is 11.8 Å². The van der Waals surface area contributed by atoms with Crippen LogP contribution in [0.1, 0.15) is 19.3 Å². The van der Waals surface area contributed by atoms with Gasteiger partial charge in [0.2, 0.25) is 0 Å². The van der Waals surface area contributed by atoms with E-state index in [-0.39, 0.29) is 18.8 Å². The van der Waals surface area contributed by atoms with Crippen LogP contribution in [0.2, 0.25) is 0 Å². The van der Waals surface area contributed by atoms with E-state index in [2.05, 4.69) is 19.8 Å². The van der Waals surface area contributed by atoms with Crippen LogP contribution in [-0.2, 0) is 0 Å². The Kier molecular flexibility index (Phi) is 5.81. The van der Waals surface area contributed by atoms with Crippen LogP contribution < -0.4 is 0 Å². The van der Waals surface area contributed by atoms with Gasteiger partial charge in [-0.25, -0.2) is 10.0 Å². The van der Waals surface area contributed by atoms with Crippen molar-refractivity contribution in [3.63, 3.8) is 0 Å². The molecule has 0 spiro atoms. The van der Waals surface area contributed by atoms with E-state index in [0.717, 1.165) is 50.5 Å². The summed E-state index contributed by atoms with van der Waals surface area (Å²) in [6.07, 6.45) is 0.442. The molecule has 0 amide bonds. The maximum atomic E-state index is 11.3. The van der Waals surface area contributed by atoms with Crippen LogP contribution >= 0.6 is 11.8 Å². The highest BCUT2D eigenvalue weighted by Crippen LogP contribution is 2.43. The van der Waals surface area contributed by atoms with Gasteiger partial charge in [0, 0.05) is 56.8 Å². The Hall–Kier alpha value is 0.0300. The first-order chi connectivity index (χ1) is 12.6. The maximum absolute atomic E-state index is 11.3. The zero-order valence-corrected chi connectivity index (χ0v) is 16.1. The molecule has 26 heavy (non-hydrogen) atoms. The molecule has 0 radical (unpaired) electrons. The third kappa shape index (κ3) is 3.01. The van der Waals surface area contributed by atoms with Crippen molar-refractivity contribution in [2.24, 2.45) is 0 Å².